The summed E-state index contributed by atoms with van der Waals surface area (Å²) in [5.74, 6) is -1.35. The third kappa shape index (κ3) is 10.5. The zero-order valence-electron chi connectivity index (χ0n) is 24.0. The van der Waals surface area contributed by atoms with E-state index < -0.39 is 41.5 Å². The van der Waals surface area contributed by atoms with Crippen LogP contribution in [0.2, 0.25) is 0 Å². The topological polar surface area (TPSA) is 159 Å². The molecule has 3 rings (SSSR count). The maximum absolute atomic E-state index is 13.7. The van der Waals surface area contributed by atoms with Gasteiger partial charge in [-0.1, -0.05) is 68.5 Å². The zero-order chi connectivity index (χ0) is 30.3. The number of carbonyl (C=O) groups is 4. The predicted octanol–water partition coefficient (Wildman–Crippen LogP) is 3.98. The molecule has 2 atom stereocenters. The second-order valence-electron chi connectivity index (χ2n) is 10.3. The molecule has 1 aromatic carbocycles. The van der Waals surface area contributed by atoms with E-state index in [9.17, 15) is 24.0 Å². The van der Waals surface area contributed by atoms with Gasteiger partial charge >= 0.3 is 12.1 Å². The summed E-state index contributed by atoms with van der Waals surface area (Å²) in [7, 11) is 0. The second-order valence-corrected chi connectivity index (χ2v) is 10.3. The molecule has 1 fully saturated rings. The van der Waals surface area contributed by atoms with Crippen LogP contribution < -0.4 is 21.9 Å². The number of carbonyl (C=O) groups excluding carboxylic acids is 4. The van der Waals surface area contributed by atoms with Crippen molar-refractivity contribution in [3.63, 3.8) is 0 Å². The van der Waals surface area contributed by atoms with E-state index in [2.05, 4.69) is 10.6 Å². The van der Waals surface area contributed by atoms with Crippen LogP contribution in [0.25, 0.3) is 0 Å². The van der Waals surface area contributed by atoms with Crippen molar-refractivity contribution < 1.29 is 28.7 Å². The third-order valence-electron chi connectivity index (χ3n) is 7.12. The number of nitrogens with zero attached hydrogens (tertiary/aromatic N) is 1. The van der Waals surface area contributed by atoms with E-state index in [4.69, 9.17) is 15.2 Å². The summed E-state index contributed by atoms with van der Waals surface area (Å²) < 4.78 is 11.5. The standard InChI is InChI=1S/C31H40N4O7/c1-2-41-28(37)18-16-24(15-17-27(32)36)33-29(38)26(20-22-10-5-3-6-11-22)35-19-9-14-25(30(35)39)34-31(40)42-21-23-12-7-4-8-13-23/h4,7-9,12-14,16,18-19,22,24,26H,2-3,5-6,10-11,15,17,20-21H2,1H3,(H2,32,36)(H,33,38)(H,34,40)/b18-16+. The van der Waals surface area contributed by atoms with Gasteiger partial charge in [0.1, 0.15) is 18.3 Å². The maximum Gasteiger partial charge on any atom is 0.412 e. The van der Waals surface area contributed by atoms with Gasteiger partial charge < -0.3 is 25.1 Å². The minimum absolute atomic E-state index is 0.0180. The van der Waals surface area contributed by atoms with Crippen molar-refractivity contribution in [2.24, 2.45) is 11.7 Å². The first-order valence-corrected chi connectivity index (χ1v) is 14.4. The molecule has 0 spiro atoms. The highest BCUT2D eigenvalue weighted by molar-refractivity contribution is 5.85. The smallest absolute Gasteiger partial charge is 0.412 e. The van der Waals surface area contributed by atoms with Crippen LogP contribution in [0, 0.1) is 5.92 Å². The first-order chi connectivity index (χ1) is 20.3. The monoisotopic (exact) mass is 580 g/mol. The Bertz CT molecular complexity index is 1290. The summed E-state index contributed by atoms with van der Waals surface area (Å²) in [4.78, 5) is 63.1. The number of anilines is 1. The highest BCUT2D eigenvalue weighted by atomic mass is 16.5. The fraction of sp³-hybridized carbons (Fsp3) is 0.452. The van der Waals surface area contributed by atoms with E-state index in [0.29, 0.717) is 6.42 Å². The lowest BCUT2D eigenvalue weighted by Crippen LogP contribution is -2.43. The van der Waals surface area contributed by atoms with Crippen molar-refractivity contribution in [3.05, 3.63) is 76.7 Å². The fourth-order valence-electron chi connectivity index (χ4n) is 4.98. The van der Waals surface area contributed by atoms with Gasteiger partial charge in [-0.3, -0.25) is 19.7 Å². The number of nitrogens with one attached hydrogen (secondary N) is 2. The number of pyridine rings is 1. The molecule has 4 N–H and O–H groups in total. The SMILES string of the molecule is CCOC(=O)/C=C/C(CCC(N)=O)NC(=O)C(CC1CCCCC1)n1cccc(NC(=O)OCc2ccccc2)c1=O. The Hall–Kier alpha value is -4.41. The van der Waals surface area contributed by atoms with E-state index in [1.165, 1.54) is 29.0 Å². The number of ether oxygens (including phenoxy) is 2. The van der Waals surface area contributed by atoms with Crippen LogP contribution in [0.4, 0.5) is 10.5 Å². The summed E-state index contributed by atoms with van der Waals surface area (Å²) in [5.41, 5.74) is 5.54. The molecular formula is C31H40N4O7. The van der Waals surface area contributed by atoms with Gasteiger partial charge in [0.25, 0.3) is 5.56 Å². The molecule has 2 unspecified atom stereocenters. The Morgan fingerprint density at radius 2 is 1.79 bits per heavy atom. The Balaban J connectivity index is 1.82. The molecule has 3 amide bonds. The van der Waals surface area contributed by atoms with E-state index >= 15 is 0 Å². The van der Waals surface area contributed by atoms with Gasteiger partial charge in [-0.2, -0.15) is 0 Å². The van der Waals surface area contributed by atoms with Crippen molar-refractivity contribution in [3.8, 4) is 0 Å². The zero-order valence-corrected chi connectivity index (χ0v) is 24.0. The highest BCUT2D eigenvalue weighted by Crippen LogP contribution is 2.31. The molecule has 1 aliphatic rings. The summed E-state index contributed by atoms with van der Waals surface area (Å²) in [5, 5.41) is 5.37. The van der Waals surface area contributed by atoms with Gasteiger partial charge in [0.2, 0.25) is 11.8 Å². The minimum Gasteiger partial charge on any atom is -0.463 e. The van der Waals surface area contributed by atoms with Gasteiger partial charge in [0.15, 0.2) is 0 Å². The number of hydrogen-bond donors (Lipinski definition) is 3. The minimum atomic E-state index is -0.894. The van der Waals surface area contributed by atoms with E-state index in [1.807, 2.05) is 30.3 Å². The van der Waals surface area contributed by atoms with Crippen molar-refractivity contribution in [1.82, 2.24) is 9.88 Å². The Kier molecular flexibility index (Phi) is 12.8. The molecular weight excluding hydrogens is 540 g/mol. The molecule has 0 radical (unpaired) electrons. The van der Waals surface area contributed by atoms with Crippen LogP contribution in [0.5, 0.6) is 0 Å². The van der Waals surface area contributed by atoms with Crippen LogP contribution in [0.15, 0.2) is 65.6 Å². The Labute approximate surface area is 245 Å². The van der Waals surface area contributed by atoms with Gasteiger partial charge in [-0.05, 0) is 43.4 Å². The molecule has 0 bridgehead atoms. The Morgan fingerprint density at radius 1 is 1.05 bits per heavy atom. The molecule has 1 saturated carbocycles. The van der Waals surface area contributed by atoms with Crippen LogP contribution in [0.1, 0.15) is 69.9 Å². The highest BCUT2D eigenvalue weighted by Gasteiger charge is 2.28. The Morgan fingerprint density at radius 3 is 2.48 bits per heavy atom. The number of hydrogen-bond acceptors (Lipinski definition) is 7. The van der Waals surface area contributed by atoms with Crippen LogP contribution >= 0.6 is 0 Å². The number of amides is 3. The lowest BCUT2D eigenvalue weighted by molar-refractivity contribution is -0.137. The molecule has 0 saturated heterocycles. The lowest BCUT2D eigenvalue weighted by atomic mass is 9.84. The number of nitrogens with two attached hydrogens (primary N) is 1. The maximum atomic E-state index is 13.7. The largest absolute Gasteiger partial charge is 0.463 e. The molecule has 1 heterocycles. The lowest BCUT2D eigenvalue weighted by Gasteiger charge is -2.28. The average molecular weight is 581 g/mol. The number of benzene rings is 1. The quantitative estimate of drug-likeness (QED) is 0.225. The number of aromatic nitrogens is 1. The molecule has 42 heavy (non-hydrogen) atoms. The van der Waals surface area contributed by atoms with E-state index in [1.54, 1.807) is 13.0 Å². The predicted molar refractivity (Wildman–Crippen MR) is 157 cm³/mol. The summed E-state index contributed by atoms with van der Waals surface area (Å²) in [6.07, 6.45) is 9.05. The fourth-order valence-corrected chi connectivity index (χ4v) is 4.98. The molecule has 226 valence electrons. The van der Waals surface area contributed by atoms with Crippen LogP contribution in [0.3, 0.4) is 0 Å². The van der Waals surface area contributed by atoms with E-state index in [0.717, 1.165) is 37.7 Å². The molecule has 2 aromatic rings. The van der Waals surface area contributed by atoms with Crippen LogP contribution in [-0.4, -0.2) is 41.1 Å². The molecule has 11 heteroatoms. The van der Waals surface area contributed by atoms with Gasteiger partial charge in [0.05, 0.1) is 6.61 Å². The summed E-state index contributed by atoms with van der Waals surface area (Å²) in [6.45, 7) is 1.90. The second kappa shape index (κ2) is 16.8. The first-order valence-electron chi connectivity index (χ1n) is 14.4. The van der Waals surface area contributed by atoms with Gasteiger partial charge in [-0.15, -0.1) is 0 Å². The normalized spacial score (nSPS) is 15.0. The molecule has 1 aliphatic carbocycles. The summed E-state index contributed by atoms with van der Waals surface area (Å²) in [6, 6.07) is 10.6. The summed E-state index contributed by atoms with van der Waals surface area (Å²) >= 11 is 0. The van der Waals surface area contributed by atoms with E-state index in [-0.39, 0.29) is 37.7 Å². The number of primary amides is 1. The third-order valence-corrected chi connectivity index (χ3v) is 7.12. The molecule has 11 nitrogen and oxygen atoms in total. The van der Waals surface area contributed by atoms with Crippen molar-refractivity contribution in [2.45, 2.75) is 77.0 Å². The van der Waals surface area contributed by atoms with Gasteiger partial charge in [0, 0.05) is 24.7 Å². The number of esters is 1. The average Bonchev–Trinajstić information content (AvgIpc) is 2.98. The molecule has 0 aliphatic heterocycles. The van der Waals surface area contributed by atoms with Crippen molar-refractivity contribution in [2.75, 3.05) is 11.9 Å². The van der Waals surface area contributed by atoms with Crippen molar-refractivity contribution >= 4 is 29.6 Å². The van der Waals surface area contributed by atoms with Crippen molar-refractivity contribution in [1.29, 1.82) is 0 Å². The number of rotatable bonds is 14. The first kappa shape index (κ1) is 32.1. The van der Waals surface area contributed by atoms with Crippen LogP contribution in [-0.2, 0) is 30.5 Å². The molecule has 1 aromatic heterocycles. The van der Waals surface area contributed by atoms with Gasteiger partial charge in [-0.25, -0.2) is 9.59 Å².